The molecule has 0 saturated heterocycles. The van der Waals surface area contributed by atoms with Gasteiger partial charge in [-0.25, -0.2) is 9.97 Å². The molecule has 3 heterocycles. The molecule has 4 aromatic rings. The summed E-state index contributed by atoms with van der Waals surface area (Å²) in [5.74, 6) is 0.872. The smallest absolute Gasteiger partial charge is 0.207 e. The Hall–Kier alpha value is -2.71. The number of nitrogen functional groups attached to an aromatic ring is 1. The fourth-order valence-electron chi connectivity index (χ4n) is 2.36. The fourth-order valence-corrected chi connectivity index (χ4v) is 3.46. The highest BCUT2D eigenvalue weighted by molar-refractivity contribution is 7.15. The van der Waals surface area contributed by atoms with Crippen molar-refractivity contribution in [1.29, 1.82) is 0 Å². The Bertz CT molecular complexity index is 1040. The SMILES string of the molecule is Cc1nc(-c2ccc(Cl)cc2)sc1COc1cc(N)nc2n[nH]nc12. The monoisotopic (exact) mass is 372 g/mol. The molecular weight excluding hydrogens is 360 g/mol. The molecule has 0 atom stereocenters. The molecule has 4 rings (SSSR count). The van der Waals surface area contributed by atoms with E-state index in [1.165, 1.54) is 0 Å². The molecule has 0 saturated carbocycles. The summed E-state index contributed by atoms with van der Waals surface area (Å²) in [6, 6.07) is 9.25. The van der Waals surface area contributed by atoms with Gasteiger partial charge in [0.1, 0.15) is 17.4 Å². The van der Waals surface area contributed by atoms with E-state index in [2.05, 4.69) is 25.4 Å². The molecule has 126 valence electrons. The number of hydrogen-bond acceptors (Lipinski definition) is 7. The zero-order chi connectivity index (χ0) is 17.4. The minimum atomic E-state index is 0.333. The van der Waals surface area contributed by atoms with Crippen LogP contribution in [-0.4, -0.2) is 25.4 Å². The Labute approximate surface area is 151 Å². The molecule has 0 aliphatic rings. The Morgan fingerprint density at radius 1 is 1.20 bits per heavy atom. The second-order valence-corrected chi connectivity index (χ2v) is 6.88. The number of thiazole rings is 1. The van der Waals surface area contributed by atoms with Crippen molar-refractivity contribution in [3.63, 3.8) is 0 Å². The molecule has 3 N–H and O–H groups in total. The van der Waals surface area contributed by atoms with Crippen LogP contribution in [-0.2, 0) is 6.61 Å². The number of H-pyrrole nitrogens is 1. The highest BCUT2D eigenvalue weighted by atomic mass is 35.5. The average Bonchev–Trinajstić information content (AvgIpc) is 3.20. The van der Waals surface area contributed by atoms with Crippen molar-refractivity contribution in [1.82, 2.24) is 25.4 Å². The maximum absolute atomic E-state index is 5.94. The van der Waals surface area contributed by atoms with Gasteiger partial charge in [-0.3, -0.25) is 0 Å². The zero-order valence-electron chi connectivity index (χ0n) is 13.2. The minimum Gasteiger partial charge on any atom is -0.485 e. The topological polar surface area (TPSA) is 103 Å². The Balaban J connectivity index is 1.59. The lowest BCUT2D eigenvalue weighted by Gasteiger charge is -2.05. The van der Waals surface area contributed by atoms with Crippen molar-refractivity contribution in [3.8, 4) is 16.3 Å². The van der Waals surface area contributed by atoms with Gasteiger partial charge in [0.2, 0.25) is 5.65 Å². The highest BCUT2D eigenvalue weighted by Gasteiger charge is 2.13. The standard InChI is InChI=1S/C16H13ClN6OS/c1-8-12(25-16(19-8)9-2-4-10(17)5-3-9)7-24-11-6-13(18)20-15-14(11)21-23-22-15/h2-6H,7H2,1H3,(H3,18,20,21,22,23). The molecule has 0 radical (unpaired) electrons. The van der Waals surface area contributed by atoms with E-state index >= 15 is 0 Å². The molecule has 3 aromatic heterocycles. The van der Waals surface area contributed by atoms with Crippen LogP contribution in [0.1, 0.15) is 10.6 Å². The van der Waals surface area contributed by atoms with Crippen molar-refractivity contribution in [2.24, 2.45) is 0 Å². The lowest BCUT2D eigenvalue weighted by atomic mass is 10.2. The number of fused-ring (bicyclic) bond motifs is 1. The van der Waals surface area contributed by atoms with Gasteiger partial charge < -0.3 is 10.5 Å². The number of nitrogens with two attached hydrogens (primary N) is 1. The average molecular weight is 373 g/mol. The van der Waals surface area contributed by atoms with Gasteiger partial charge in [-0.1, -0.05) is 23.7 Å². The molecule has 0 fully saturated rings. The van der Waals surface area contributed by atoms with Crippen LogP contribution in [0.5, 0.6) is 5.75 Å². The third-order valence-corrected chi connectivity index (χ3v) is 5.05. The van der Waals surface area contributed by atoms with Crippen LogP contribution in [0.2, 0.25) is 5.02 Å². The van der Waals surface area contributed by atoms with Crippen LogP contribution in [0.4, 0.5) is 5.82 Å². The van der Waals surface area contributed by atoms with E-state index in [1.54, 1.807) is 17.4 Å². The summed E-state index contributed by atoms with van der Waals surface area (Å²) in [4.78, 5) is 9.73. The first-order valence-electron chi connectivity index (χ1n) is 7.42. The number of anilines is 1. The van der Waals surface area contributed by atoms with E-state index in [0.717, 1.165) is 21.1 Å². The number of aryl methyl sites for hydroxylation is 1. The Morgan fingerprint density at radius 3 is 2.80 bits per heavy atom. The molecule has 0 amide bonds. The van der Waals surface area contributed by atoms with Gasteiger partial charge in [-0.15, -0.1) is 16.4 Å². The number of ether oxygens (including phenoxy) is 1. The van der Waals surface area contributed by atoms with E-state index < -0.39 is 0 Å². The highest BCUT2D eigenvalue weighted by Crippen LogP contribution is 2.30. The molecule has 9 heteroatoms. The predicted molar refractivity (Wildman–Crippen MR) is 97.7 cm³/mol. The predicted octanol–water partition coefficient (Wildman–Crippen LogP) is 3.60. The van der Waals surface area contributed by atoms with E-state index in [1.807, 2.05) is 31.2 Å². The number of aromatic amines is 1. The largest absolute Gasteiger partial charge is 0.485 e. The van der Waals surface area contributed by atoms with Crippen molar-refractivity contribution in [2.45, 2.75) is 13.5 Å². The maximum Gasteiger partial charge on any atom is 0.207 e. The molecule has 1 aromatic carbocycles. The van der Waals surface area contributed by atoms with E-state index in [9.17, 15) is 0 Å². The summed E-state index contributed by atoms with van der Waals surface area (Å²) in [6.07, 6.45) is 0. The number of benzene rings is 1. The minimum absolute atomic E-state index is 0.333. The molecule has 0 bridgehead atoms. The van der Waals surface area contributed by atoms with Gasteiger partial charge >= 0.3 is 0 Å². The summed E-state index contributed by atoms with van der Waals surface area (Å²) >= 11 is 7.52. The Morgan fingerprint density at radius 2 is 2.00 bits per heavy atom. The molecular formula is C16H13ClN6OS. The van der Waals surface area contributed by atoms with Gasteiger partial charge in [0.05, 0.1) is 10.6 Å². The van der Waals surface area contributed by atoms with E-state index in [-0.39, 0.29) is 0 Å². The second kappa shape index (κ2) is 6.30. The van der Waals surface area contributed by atoms with Crippen molar-refractivity contribution >= 4 is 39.9 Å². The summed E-state index contributed by atoms with van der Waals surface area (Å²) in [5, 5.41) is 12.1. The van der Waals surface area contributed by atoms with Crippen LogP contribution >= 0.6 is 22.9 Å². The van der Waals surface area contributed by atoms with Crippen molar-refractivity contribution in [2.75, 3.05) is 5.73 Å². The van der Waals surface area contributed by atoms with Crippen LogP contribution in [0.3, 0.4) is 0 Å². The summed E-state index contributed by atoms with van der Waals surface area (Å²) in [6.45, 7) is 2.32. The molecule has 0 aliphatic carbocycles. The molecule has 0 spiro atoms. The number of hydrogen-bond donors (Lipinski definition) is 2. The van der Waals surface area contributed by atoms with Crippen LogP contribution in [0.15, 0.2) is 30.3 Å². The number of rotatable bonds is 4. The third kappa shape index (κ3) is 3.13. The molecule has 0 aliphatic heterocycles. The molecule has 7 nitrogen and oxygen atoms in total. The lowest BCUT2D eigenvalue weighted by molar-refractivity contribution is 0.312. The maximum atomic E-state index is 5.94. The number of halogens is 1. The lowest BCUT2D eigenvalue weighted by Crippen LogP contribution is -1.98. The van der Waals surface area contributed by atoms with Gasteiger partial charge in [0.25, 0.3) is 0 Å². The molecule has 25 heavy (non-hydrogen) atoms. The molecule has 0 unspecified atom stereocenters. The van der Waals surface area contributed by atoms with Crippen LogP contribution in [0, 0.1) is 6.92 Å². The van der Waals surface area contributed by atoms with Gasteiger partial charge in [-0.2, -0.15) is 10.3 Å². The first kappa shape index (κ1) is 15.8. The summed E-state index contributed by atoms with van der Waals surface area (Å²) < 4.78 is 5.90. The van der Waals surface area contributed by atoms with Gasteiger partial charge in [0.15, 0.2) is 11.3 Å². The number of nitrogens with zero attached hydrogens (tertiary/aromatic N) is 4. The number of pyridine rings is 1. The van der Waals surface area contributed by atoms with Gasteiger partial charge in [-0.05, 0) is 19.1 Å². The third-order valence-electron chi connectivity index (χ3n) is 3.62. The Kier molecular flexibility index (Phi) is 3.98. The van der Waals surface area contributed by atoms with E-state index in [4.69, 9.17) is 22.1 Å². The fraction of sp³-hybridized carbons (Fsp3) is 0.125. The zero-order valence-corrected chi connectivity index (χ0v) is 14.7. The first-order chi connectivity index (χ1) is 12.1. The van der Waals surface area contributed by atoms with Gasteiger partial charge in [0, 0.05) is 16.7 Å². The summed E-state index contributed by atoms with van der Waals surface area (Å²) in [5.41, 5.74) is 8.71. The van der Waals surface area contributed by atoms with Crippen molar-refractivity contribution < 1.29 is 4.74 Å². The first-order valence-corrected chi connectivity index (χ1v) is 8.61. The number of nitrogens with one attached hydrogen (secondary N) is 1. The van der Waals surface area contributed by atoms with E-state index in [0.29, 0.717) is 34.4 Å². The second-order valence-electron chi connectivity index (χ2n) is 5.36. The normalized spacial score (nSPS) is 11.1. The summed E-state index contributed by atoms with van der Waals surface area (Å²) in [7, 11) is 0. The van der Waals surface area contributed by atoms with Crippen LogP contribution < -0.4 is 10.5 Å². The number of aromatic nitrogens is 5. The van der Waals surface area contributed by atoms with Crippen molar-refractivity contribution in [3.05, 3.63) is 45.9 Å². The van der Waals surface area contributed by atoms with Crippen LogP contribution in [0.25, 0.3) is 21.7 Å². The quantitative estimate of drug-likeness (QED) is 0.567.